The topological polar surface area (TPSA) is 88.9 Å². The number of carbonyl (C=O) groups is 2. The molecule has 0 unspecified atom stereocenters. The van der Waals surface area contributed by atoms with Crippen molar-refractivity contribution in [2.24, 2.45) is 0 Å². The summed E-state index contributed by atoms with van der Waals surface area (Å²) in [6.07, 6.45) is 1.80. The van der Waals surface area contributed by atoms with Crippen molar-refractivity contribution >= 4 is 18.0 Å². The number of ether oxygens (including phenoxy) is 3. The second-order valence-corrected chi connectivity index (χ2v) is 8.16. The summed E-state index contributed by atoms with van der Waals surface area (Å²) in [5, 5.41) is 2.91. The Labute approximate surface area is 204 Å². The SMILES string of the molecule is COc1ccc([C@@H]2[C@H](NC(=O)c3ccc(C)cc3)C(=O)N/[N+]2=C\c2ccc(OC)c(OC)c2)cc1. The van der Waals surface area contributed by atoms with Crippen LogP contribution < -0.4 is 25.0 Å². The maximum absolute atomic E-state index is 13.1. The number of hydrazone groups is 1. The van der Waals surface area contributed by atoms with Gasteiger partial charge >= 0.3 is 5.91 Å². The molecular weight excluding hydrogens is 446 g/mol. The number of aryl methyl sites for hydroxylation is 1. The summed E-state index contributed by atoms with van der Waals surface area (Å²) in [7, 11) is 4.73. The minimum atomic E-state index is -0.825. The fraction of sp³-hybridized carbons (Fsp3) is 0.222. The van der Waals surface area contributed by atoms with E-state index >= 15 is 0 Å². The van der Waals surface area contributed by atoms with Crippen molar-refractivity contribution in [3.8, 4) is 17.2 Å². The first-order valence-electron chi connectivity index (χ1n) is 11.1. The monoisotopic (exact) mass is 474 g/mol. The highest BCUT2D eigenvalue weighted by atomic mass is 16.5. The van der Waals surface area contributed by atoms with Crippen LogP contribution in [0.15, 0.2) is 66.7 Å². The highest BCUT2D eigenvalue weighted by Crippen LogP contribution is 2.29. The molecule has 2 amide bonds. The number of hydrogen-bond donors (Lipinski definition) is 2. The Hall–Kier alpha value is -4.33. The number of hydrazine groups is 1. The Morgan fingerprint density at radius 3 is 2.23 bits per heavy atom. The number of benzene rings is 3. The van der Waals surface area contributed by atoms with E-state index in [1.54, 1.807) is 50.4 Å². The van der Waals surface area contributed by atoms with E-state index in [-0.39, 0.29) is 11.8 Å². The summed E-state index contributed by atoms with van der Waals surface area (Å²) < 4.78 is 17.7. The number of nitrogens with one attached hydrogen (secondary N) is 2. The molecule has 3 aromatic carbocycles. The zero-order valence-electron chi connectivity index (χ0n) is 20.1. The van der Waals surface area contributed by atoms with Gasteiger partial charge < -0.3 is 19.5 Å². The zero-order valence-corrected chi connectivity index (χ0v) is 20.1. The molecule has 3 aromatic rings. The van der Waals surface area contributed by atoms with Crippen molar-refractivity contribution in [3.63, 3.8) is 0 Å². The molecule has 4 rings (SSSR count). The highest BCUT2D eigenvalue weighted by Gasteiger charge is 2.47. The number of carbonyl (C=O) groups excluding carboxylic acids is 2. The zero-order chi connectivity index (χ0) is 24.9. The summed E-state index contributed by atoms with van der Waals surface area (Å²) in [6, 6.07) is 18.8. The molecule has 0 saturated carbocycles. The molecule has 1 fully saturated rings. The van der Waals surface area contributed by atoms with Crippen LogP contribution >= 0.6 is 0 Å². The van der Waals surface area contributed by atoms with Gasteiger partial charge in [-0.3, -0.25) is 9.59 Å². The molecule has 35 heavy (non-hydrogen) atoms. The summed E-state index contributed by atoms with van der Waals surface area (Å²) in [4.78, 5) is 26.1. The molecular formula is C27H28N3O5+. The van der Waals surface area contributed by atoms with E-state index < -0.39 is 12.1 Å². The normalized spacial score (nSPS) is 18.2. The predicted octanol–water partition coefficient (Wildman–Crippen LogP) is 3.04. The number of hydrogen-bond acceptors (Lipinski definition) is 5. The maximum atomic E-state index is 13.1. The number of methoxy groups -OCH3 is 3. The summed E-state index contributed by atoms with van der Waals surface area (Å²) in [5.41, 5.74) is 6.03. The van der Waals surface area contributed by atoms with Gasteiger partial charge in [-0.15, -0.1) is 10.1 Å². The summed E-state index contributed by atoms with van der Waals surface area (Å²) in [6.45, 7) is 1.95. The first-order chi connectivity index (χ1) is 16.9. The van der Waals surface area contributed by atoms with Gasteiger partial charge in [-0.1, -0.05) is 17.7 Å². The predicted molar refractivity (Wildman–Crippen MR) is 131 cm³/mol. The third kappa shape index (κ3) is 5.11. The Kier molecular flexibility index (Phi) is 7.01. The van der Waals surface area contributed by atoms with Crippen LogP contribution in [0.5, 0.6) is 17.2 Å². The van der Waals surface area contributed by atoms with Crippen molar-refractivity contribution in [1.82, 2.24) is 10.7 Å². The molecule has 0 bridgehead atoms. The van der Waals surface area contributed by atoms with Crippen molar-refractivity contribution in [3.05, 3.63) is 89.0 Å². The maximum Gasteiger partial charge on any atom is 0.304 e. The van der Waals surface area contributed by atoms with Gasteiger partial charge in [-0.2, -0.15) is 0 Å². The van der Waals surface area contributed by atoms with Crippen LogP contribution in [0.1, 0.15) is 33.1 Å². The summed E-state index contributed by atoms with van der Waals surface area (Å²) in [5.74, 6) is 1.23. The number of amides is 2. The average molecular weight is 475 g/mol. The molecule has 0 radical (unpaired) electrons. The van der Waals surface area contributed by atoms with E-state index in [2.05, 4.69) is 10.7 Å². The van der Waals surface area contributed by atoms with E-state index in [1.165, 1.54) is 0 Å². The van der Waals surface area contributed by atoms with Crippen LogP contribution in [-0.4, -0.2) is 50.1 Å². The standard InChI is InChI=1S/C27H27N3O5/c1-17-5-8-20(9-6-17)26(31)28-24-25(19-10-12-21(33-2)13-11-19)30(29-27(24)32)16-18-7-14-22(34-3)23(15-18)35-4/h5-16,24-25H,1-4H3,(H-,28,29,31,32)/p+1/b30-16-/t24-,25+/m0/s1. The smallest absolute Gasteiger partial charge is 0.304 e. The van der Waals surface area contributed by atoms with Crippen LogP contribution in [0.2, 0.25) is 0 Å². The van der Waals surface area contributed by atoms with Crippen LogP contribution in [0, 0.1) is 6.92 Å². The second-order valence-electron chi connectivity index (χ2n) is 8.16. The molecule has 0 spiro atoms. The van der Waals surface area contributed by atoms with Crippen molar-refractivity contribution in [2.45, 2.75) is 19.0 Å². The largest absolute Gasteiger partial charge is 0.497 e. The molecule has 2 N–H and O–H groups in total. The Balaban J connectivity index is 1.71. The lowest BCUT2D eigenvalue weighted by atomic mass is 9.99. The van der Waals surface area contributed by atoms with Crippen LogP contribution in [0.4, 0.5) is 0 Å². The molecule has 180 valence electrons. The van der Waals surface area contributed by atoms with Gasteiger partial charge in [0.1, 0.15) is 5.75 Å². The molecule has 0 aliphatic carbocycles. The van der Waals surface area contributed by atoms with E-state index in [1.807, 2.05) is 55.5 Å². The highest BCUT2D eigenvalue weighted by molar-refractivity contribution is 5.98. The van der Waals surface area contributed by atoms with Gasteiger partial charge in [0.25, 0.3) is 5.91 Å². The third-order valence-corrected chi connectivity index (χ3v) is 5.89. The van der Waals surface area contributed by atoms with E-state index in [0.717, 1.165) is 16.7 Å². The Morgan fingerprint density at radius 2 is 1.60 bits per heavy atom. The van der Waals surface area contributed by atoms with Crippen LogP contribution in [0.25, 0.3) is 0 Å². The van der Waals surface area contributed by atoms with Gasteiger partial charge in [0.15, 0.2) is 17.5 Å². The van der Waals surface area contributed by atoms with E-state index in [0.29, 0.717) is 22.8 Å². The number of nitrogens with zero attached hydrogens (tertiary/aromatic N) is 1. The average Bonchev–Trinajstić information content (AvgIpc) is 3.18. The molecule has 2 atom stereocenters. The van der Waals surface area contributed by atoms with Gasteiger partial charge in [0.2, 0.25) is 12.3 Å². The lowest BCUT2D eigenvalue weighted by Gasteiger charge is -2.15. The molecule has 8 nitrogen and oxygen atoms in total. The first-order valence-corrected chi connectivity index (χ1v) is 11.1. The molecule has 0 aromatic heterocycles. The lowest BCUT2D eigenvalue weighted by molar-refractivity contribution is -0.596. The summed E-state index contributed by atoms with van der Waals surface area (Å²) >= 11 is 0. The number of rotatable bonds is 7. The van der Waals surface area contributed by atoms with Crippen molar-refractivity contribution < 1.29 is 28.5 Å². The first kappa shape index (κ1) is 23.8. The fourth-order valence-corrected chi connectivity index (χ4v) is 4.00. The Morgan fingerprint density at radius 1 is 0.914 bits per heavy atom. The minimum Gasteiger partial charge on any atom is -0.497 e. The molecule has 1 aliphatic rings. The van der Waals surface area contributed by atoms with Crippen molar-refractivity contribution in [2.75, 3.05) is 21.3 Å². The Bertz CT molecular complexity index is 1250. The molecule has 1 aliphatic heterocycles. The van der Waals surface area contributed by atoms with Gasteiger partial charge in [-0.25, -0.2) is 0 Å². The quantitative estimate of drug-likeness (QED) is 0.514. The van der Waals surface area contributed by atoms with E-state index in [4.69, 9.17) is 14.2 Å². The van der Waals surface area contributed by atoms with Crippen LogP contribution in [0.3, 0.4) is 0 Å². The van der Waals surface area contributed by atoms with Gasteiger partial charge in [0.05, 0.1) is 21.3 Å². The minimum absolute atomic E-state index is 0.317. The van der Waals surface area contributed by atoms with Crippen LogP contribution in [-0.2, 0) is 4.79 Å². The molecule has 1 saturated heterocycles. The van der Waals surface area contributed by atoms with Crippen molar-refractivity contribution in [1.29, 1.82) is 0 Å². The van der Waals surface area contributed by atoms with Gasteiger partial charge in [-0.05, 0) is 61.5 Å². The third-order valence-electron chi connectivity index (χ3n) is 5.89. The fourth-order valence-electron chi connectivity index (χ4n) is 4.00. The second kappa shape index (κ2) is 10.3. The molecule has 8 heteroatoms. The van der Waals surface area contributed by atoms with Gasteiger partial charge in [0, 0.05) is 16.7 Å². The molecule has 1 heterocycles. The van der Waals surface area contributed by atoms with E-state index in [9.17, 15) is 9.59 Å². The lowest BCUT2D eigenvalue weighted by Crippen LogP contribution is -2.42.